The first-order valence-electron chi connectivity index (χ1n) is 14.9. The fourth-order valence-corrected chi connectivity index (χ4v) is 14.6. The molecule has 4 aromatic carbocycles. The Hall–Kier alpha value is -1.88. The molecule has 0 spiro atoms. The summed E-state index contributed by atoms with van der Waals surface area (Å²) in [7, 11) is 2.48. The van der Waals surface area contributed by atoms with Crippen LogP contribution in [0.1, 0.15) is 81.9 Å². The van der Waals surface area contributed by atoms with E-state index in [9.17, 15) is 0 Å². The zero-order valence-corrected chi connectivity index (χ0v) is 31.5. The molecule has 1 atom stereocenters. The van der Waals surface area contributed by atoms with Crippen LogP contribution in [0.4, 0.5) is 0 Å². The van der Waals surface area contributed by atoms with E-state index in [0.717, 1.165) is 11.5 Å². The van der Waals surface area contributed by atoms with E-state index in [0.29, 0.717) is 5.66 Å². The molecule has 0 aliphatic carbocycles. The molecule has 0 N–H and O–H groups in total. The zero-order valence-electron chi connectivity index (χ0n) is 28.6. The van der Waals surface area contributed by atoms with Crippen LogP contribution >= 0.6 is 15.8 Å². The van der Waals surface area contributed by atoms with Crippen molar-refractivity contribution in [3.63, 3.8) is 0 Å². The fraction of sp³-hybridized carbons (Fsp3) is 0.421. The van der Waals surface area contributed by atoms with E-state index in [-0.39, 0.29) is 35.3 Å². The Morgan fingerprint density at radius 1 is 0.674 bits per heavy atom. The van der Waals surface area contributed by atoms with E-state index in [1.54, 1.807) is 14.2 Å². The van der Waals surface area contributed by atoms with Gasteiger partial charge in [-0.25, -0.2) is 12.1 Å². The molecule has 0 amide bonds. The summed E-state index contributed by atoms with van der Waals surface area (Å²) < 4.78 is 11.5. The summed E-state index contributed by atoms with van der Waals surface area (Å²) in [5, 5.41) is 4.75. The molecule has 240 valence electrons. The summed E-state index contributed by atoms with van der Waals surface area (Å²) in [6.07, 6.45) is 0. The average Bonchev–Trinajstić information content (AvgIpc) is 3.58. The second kappa shape index (κ2) is 15.4. The van der Waals surface area contributed by atoms with Crippen LogP contribution in [-0.4, -0.2) is 24.5 Å². The van der Waals surface area contributed by atoms with Crippen LogP contribution in [0.25, 0.3) is 0 Å². The van der Waals surface area contributed by atoms with Crippen molar-refractivity contribution in [3.05, 3.63) is 101 Å². The summed E-state index contributed by atoms with van der Waals surface area (Å²) in [5.74, 6) is 1.97. The summed E-state index contributed by atoms with van der Waals surface area (Å²) in [6.45, 7) is 25.7. The number of benzene rings is 2. The van der Waals surface area contributed by atoms with Crippen molar-refractivity contribution in [2.45, 2.75) is 92.1 Å². The first-order valence-corrected chi connectivity index (χ1v) is 17.7. The summed E-state index contributed by atoms with van der Waals surface area (Å²) in [6, 6.07) is 26.5. The Labute approximate surface area is 275 Å². The second-order valence-corrected chi connectivity index (χ2v) is 19.7. The van der Waals surface area contributed by atoms with Crippen molar-refractivity contribution in [3.8, 4) is 11.5 Å². The van der Waals surface area contributed by atoms with Crippen LogP contribution < -0.4 is 25.4 Å². The van der Waals surface area contributed by atoms with E-state index >= 15 is 0 Å². The Morgan fingerprint density at radius 3 is 1.33 bits per heavy atom. The second-order valence-electron chi connectivity index (χ2n) is 13.3. The predicted octanol–water partition coefficient (Wildman–Crippen LogP) is 9.96. The van der Waals surface area contributed by atoms with E-state index < -0.39 is 7.92 Å². The van der Waals surface area contributed by atoms with Gasteiger partial charge in [0.15, 0.2) is 0 Å². The molecule has 43 heavy (non-hydrogen) atoms. The fourth-order valence-electron chi connectivity index (χ4n) is 6.79. The standard InChI is InChI=1S/C33H47O2P2.C5H5.Fe/c1-21-17-26(18-22(2)30(21)34-12)36(27-19-23(3)31(35-13)24(4)20-27)29-16-14-15-28(29)25(5)37(32(6,7)8)33(9,10)11;1-2-4-5-3-1;/h14-20,25H,1-13H3;1-5H;/q-1;-5;. The molecule has 0 heterocycles. The van der Waals surface area contributed by atoms with Gasteiger partial charge in [0.1, 0.15) is 11.5 Å². The van der Waals surface area contributed by atoms with Gasteiger partial charge in [0.25, 0.3) is 0 Å². The van der Waals surface area contributed by atoms with Crippen molar-refractivity contribution in [1.29, 1.82) is 0 Å². The molecule has 2 nitrogen and oxygen atoms in total. The van der Waals surface area contributed by atoms with Crippen LogP contribution in [0.5, 0.6) is 11.5 Å². The molecular formula is C38H52FeO2P2-6. The summed E-state index contributed by atoms with van der Waals surface area (Å²) >= 11 is 0. The van der Waals surface area contributed by atoms with Crippen molar-refractivity contribution < 1.29 is 26.5 Å². The van der Waals surface area contributed by atoms with Gasteiger partial charge in [-0.15, -0.1) is 5.30 Å². The van der Waals surface area contributed by atoms with Gasteiger partial charge in [-0.1, -0.05) is 64.3 Å². The minimum Gasteiger partial charge on any atom is -0.748 e. The molecule has 0 aromatic heterocycles. The molecule has 0 saturated heterocycles. The van der Waals surface area contributed by atoms with Crippen molar-refractivity contribution in [1.82, 2.24) is 0 Å². The number of hydrogen-bond donors (Lipinski definition) is 0. The summed E-state index contributed by atoms with van der Waals surface area (Å²) in [5.41, 5.74) is 6.78. The van der Waals surface area contributed by atoms with Crippen LogP contribution in [0.15, 0.2) is 72.8 Å². The van der Waals surface area contributed by atoms with Gasteiger partial charge in [-0.3, -0.25) is 0 Å². The van der Waals surface area contributed by atoms with Crippen LogP contribution in [0, 0.1) is 27.7 Å². The van der Waals surface area contributed by atoms with Crippen LogP contribution in [0.2, 0.25) is 0 Å². The molecule has 0 aliphatic rings. The SMILES string of the molecule is COc1c(C)cc(P(c2cc(C)c(OC)c(C)c2)[c-]2cccc2C(C)P(C(C)(C)C)C(C)(C)C)cc1C.[Fe].[cH-]1[cH-][cH-][cH-][cH-]1. The van der Waals surface area contributed by atoms with Gasteiger partial charge < -0.3 is 39.8 Å². The Kier molecular flexibility index (Phi) is 13.4. The molecule has 0 aliphatic heterocycles. The molecule has 0 radical (unpaired) electrons. The monoisotopic (exact) mass is 658 g/mol. The van der Waals surface area contributed by atoms with Gasteiger partial charge in [-0.05, 0) is 101 Å². The number of methoxy groups -OCH3 is 2. The molecule has 4 rings (SSSR count). The predicted molar refractivity (Wildman–Crippen MR) is 190 cm³/mol. The number of ether oxygens (including phenoxy) is 2. The van der Waals surface area contributed by atoms with E-state index in [1.807, 2.05) is 30.3 Å². The minimum absolute atomic E-state index is 0. The minimum atomic E-state index is -0.759. The number of aryl methyl sites for hydroxylation is 4. The van der Waals surface area contributed by atoms with Gasteiger partial charge in [0, 0.05) is 17.1 Å². The quantitative estimate of drug-likeness (QED) is 0.112. The van der Waals surface area contributed by atoms with Crippen molar-refractivity contribution in [2.24, 2.45) is 0 Å². The zero-order chi connectivity index (χ0) is 31.4. The Bertz CT molecular complexity index is 1300. The first-order chi connectivity index (χ1) is 19.6. The molecule has 5 heteroatoms. The van der Waals surface area contributed by atoms with Gasteiger partial charge in [-0.2, -0.15) is 11.6 Å². The molecule has 0 bridgehead atoms. The van der Waals surface area contributed by atoms with E-state index in [2.05, 4.69) is 119 Å². The Morgan fingerprint density at radius 2 is 1.02 bits per heavy atom. The number of hydrogen-bond acceptors (Lipinski definition) is 2. The third-order valence-corrected chi connectivity index (χ3v) is 14.1. The molecule has 4 aromatic rings. The molecule has 0 saturated carbocycles. The average molecular weight is 659 g/mol. The third kappa shape index (κ3) is 8.86. The van der Waals surface area contributed by atoms with E-state index in [4.69, 9.17) is 9.47 Å². The third-order valence-electron chi connectivity index (χ3n) is 7.72. The molecular weight excluding hydrogens is 606 g/mol. The maximum absolute atomic E-state index is 5.74. The van der Waals surface area contributed by atoms with Gasteiger partial charge >= 0.3 is 0 Å². The largest absolute Gasteiger partial charge is 0.748 e. The van der Waals surface area contributed by atoms with Gasteiger partial charge in [0.05, 0.1) is 14.2 Å². The number of rotatable bonds is 7. The normalized spacial score (nSPS) is 12.4. The van der Waals surface area contributed by atoms with Crippen LogP contribution in [-0.2, 0) is 17.1 Å². The molecule has 0 fully saturated rings. The summed E-state index contributed by atoms with van der Waals surface area (Å²) in [4.78, 5) is 0. The van der Waals surface area contributed by atoms with Crippen molar-refractivity contribution in [2.75, 3.05) is 14.2 Å². The topological polar surface area (TPSA) is 18.5 Å². The van der Waals surface area contributed by atoms with E-state index in [1.165, 1.54) is 43.7 Å². The maximum atomic E-state index is 5.74. The Balaban J connectivity index is 0.000000973. The first kappa shape index (κ1) is 37.3. The molecule has 1 unspecified atom stereocenters. The van der Waals surface area contributed by atoms with Crippen molar-refractivity contribution >= 4 is 31.8 Å². The maximum Gasteiger partial charge on any atom is 0.124 e. The van der Waals surface area contributed by atoms with Gasteiger partial charge in [0.2, 0.25) is 0 Å². The smallest absolute Gasteiger partial charge is 0.124 e. The van der Waals surface area contributed by atoms with Crippen LogP contribution in [0.3, 0.4) is 0 Å².